The molecule has 0 bridgehead atoms. The van der Waals surface area contributed by atoms with E-state index in [-0.39, 0.29) is 23.4 Å². The average molecular weight is 460 g/mol. The van der Waals surface area contributed by atoms with Crippen LogP contribution < -0.4 is 5.32 Å². The molecule has 0 aliphatic heterocycles. The number of hydrogen-bond acceptors (Lipinski definition) is 2. The number of aromatic nitrogens is 2. The molecule has 0 radical (unpaired) electrons. The molecule has 4 nitrogen and oxygen atoms in total. The maximum atomic E-state index is 14.6. The van der Waals surface area contributed by atoms with Crippen molar-refractivity contribution in [2.45, 2.75) is 45.6 Å². The largest absolute Gasteiger partial charge is 0.345 e. The minimum Gasteiger partial charge on any atom is -0.345 e. The number of fused-ring (bicyclic) bond motifs is 1. The van der Waals surface area contributed by atoms with E-state index < -0.39 is 11.6 Å². The molecule has 2 heterocycles. The van der Waals surface area contributed by atoms with Gasteiger partial charge in [0.2, 0.25) is 0 Å². The predicted octanol–water partition coefficient (Wildman–Crippen LogP) is 6.59. The minimum absolute atomic E-state index is 0.0434. The monoisotopic (exact) mass is 459 g/mol. The molecule has 4 aromatic rings. The van der Waals surface area contributed by atoms with Crippen molar-refractivity contribution in [1.29, 1.82) is 0 Å². The lowest BCUT2D eigenvalue weighted by Gasteiger charge is -2.21. The van der Waals surface area contributed by atoms with E-state index in [2.05, 4.69) is 10.4 Å². The fourth-order valence-corrected chi connectivity index (χ4v) is 4.82. The molecule has 1 amide bonds. The molecule has 1 aliphatic rings. The smallest absolute Gasteiger partial charge is 0.253 e. The number of carbonyl (C=O) groups is 1. The summed E-state index contributed by atoms with van der Waals surface area (Å²) in [6.45, 7) is 5.71. The first-order chi connectivity index (χ1) is 16.4. The molecule has 6 heteroatoms. The minimum atomic E-state index is -0.638. The molecule has 1 saturated carbocycles. The highest BCUT2D eigenvalue weighted by Gasteiger charge is 2.34. The van der Waals surface area contributed by atoms with Crippen LogP contribution >= 0.6 is 0 Å². The number of amides is 1. The van der Waals surface area contributed by atoms with Gasteiger partial charge in [0.1, 0.15) is 11.6 Å². The summed E-state index contributed by atoms with van der Waals surface area (Å²) < 4.78 is 30.9. The third-order valence-corrected chi connectivity index (χ3v) is 6.55. The second-order valence-electron chi connectivity index (χ2n) is 9.34. The zero-order valence-corrected chi connectivity index (χ0v) is 19.5. The van der Waals surface area contributed by atoms with E-state index in [9.17, 15) is 13.6 Å². The molecule has 0 spiro atoms. The molecule has 2 aromatic heterocycles. The summed E-state index contributed by atoms with van der Waals surface area (Å²) >= 11 is 0. The average Bonchev–Trinajstić information content (AvgIpc) is 3.60. The van der Waals surface area contributed by atoms with Crippen molar-refractivity contribution in [2.24, 2.45) is 5.92 Å². The number of pyridine rings is 1. The normalized spacial score (nSPS) is 14.5. The van der Waals surface area contributed by atoms with E-state index in [4.69, 9.17) is 0 Å². The second-order valence-corrected chi connectivity index (χ2v) is 9.34. The lowest BCUT2D eigenvalue weighted by Crippen LogP contribution is -2.31. The van der Waals surface area contributed by atoms with E-state index in [0.29, 0.717) is 33.9 Å². The van der Waals surface area contributed by atoms with Gasteiger partial charge in [0.05, 0.1) is 34.1 Å². The number of hydrogen-bond donors (Lipinski definition) is 1. The van der Waals surface area contributed by atoms with Gasteiger partial charge in [-0.15, -0.1) is 0 Å². The highest BCUT2D eigenvalue weighted by molar-refractivity contribution is 5.97. The van der Waals surface area contributed by atoms with E-state index in [1.54, 1.807) is 23.6 Å². The van der Waals surface area contributed by atoms with Gasteiger partial charge in [-0.25, -0.2) is 13.3 Å². The van der Waals surface area contributed by atoms with Gasteiger partial charge in [-0.2, -0.15) is 5.10 Å². The Morgan fingerprint density at radius 2 is 1.65 bits per heavy atom. The van der Waals surface area contributed by atoms with Crippen molar-refractivity contribution in [3.05, 3.63) is 94.8 Å². The highest BCUT2D eigenvalue weighted by atomic mass is 19.1. The number of carbonyl (C=O) groups excluding carboxylic acids is 1. The standard InChI is InChI=1S/C28H27F2N3O/c1-16(2)27-20(28(34)31-26(19-12-13-19)18-8-5-4-6-9-18)14-15-23-24(17(3)32-33(23)27)25-21(29)10-7-11-22(25)30/h4-11,14-16,19,26H,12-13H2,1-3H3,(H,31,34). The van der Waals surface area contributed by atoms with Gasteiger partial charge in [0.25, 0.3) is 5.91 Å². The van der Waals surface area contributed by atoms with Crippen molar-refractivity contribution >= 4 is 11.4 Å². The molecule has 1 unspecified atom stereocenters. The van der Waals surface area contributed by atoms with Gasteiger partial charge >= 0.3 is 0 Å². The lowest BCUT2D eigenvalue weighted by molar-refractivity contribution is 0.0929. The zero-order valence-electron chi connectivity index (χ0n) is 19.5. The van der Waals surface area contributed by atoms with Gasteiger partial charge in [-0.3, -0.25) is 4.79 Å². The fourth-order valence-electron chi connectivity index (χ4n) is 4.82. The summed E-state index contributed by atoms with van der Waals surface area (Å²) in [5.41, 5.74) is 3.71. The summed E-state index contributed by atoms with van der Waals surface area (Å²) in [6, 6.07) is 17.3. The van der Waals surface area contributed by atoms with Gasteiger partial charge in [-0.1, -0.05) is 50.2 Å². The van der Waals surface area contributed by atoms with Crippen LogP contribution in [0.3, 0.4) is 0 Å². The maximum Gasteiger partial charge on any atom is 0.253 e. The molecule has 1 atom stereocenters. The number of aryl methyl sites for hydroxylation is 1. The Hall–Kier alpha value is -3.54. The van der Waals surface area contributed by atoms with Crippen LogP contribution in [0.1, 0.15) is 66.0 Å². The first-order valence-electron chi connectivity index (χ1n) is 11.7. The van der Waals surface area contributed by atoms with Crippen molar-refractivity contribution in [2.75, 3.05) is 0 Å². The van der Waals surface area contributed by atoms with Crippen LogP contribution in [-0.2, 0) is 0 Å². The van der Waals surface area contributed by atoms with Gasteiger partial charge in [0.15, 0.2) is 0 Å². The molecule has 0 saturated heterocycles. The van der Waals surface area contributed by atoms with Gasteiger partial charge in [-0.05, 0) is 61.4 Å². The van der Waals surface area contributed by atoms with Crippen molar-refractivity contribution in [3.63, 3.8) is 0 Å². The molecular formula is C28H27F2N3O. The SMILES string of the molecule is Cc1nn2c(C(C)C)c(C(=O)NC(c3ccccc3)C3CC3)ccc2c1-c1c(F)cccc1F. The number of nitrogens with one attached hydrogen (secondary N) is 1. The lowest BCUT2D eigenvalue weighted by atomic mass is 9.98. The second kappa shape index (κ2) is 8.67. The Kier molecular flexibility index (Phi) is 5.68. The van der Waals surface area contributed by atoms with Crippen LogP contribution in [0.25, 0.3) is 16.6 Å². The summed E-state index contributed by atoms with van der Waals surface area (Å²) in [7, 11) is 0. The first-order valence-corrected chi connectivity index (χ1v) is 11.7. The molecule has 34 heavy (non-hydrogen) atoms. The first kappa shape index (κ1) is 22.3. The van der Waals surface area contributed by atoms with E-state index in [1.165, 1.54) is 18.2 Å². The maximum absolute atomic E-state index is 14.6. The molecule has 1 N–H and O–H groups in total. The zero-order chi connectivity index (χ0) is 24.0. The summed E-state index contributed by atoms with van der Waals surface area (Å²) in [6.07, 6.45) is 2.18. The Labute approximate surface area is 197 Å². The van der Waals surface area contributed by atoms with Crippen molar-refractivity contribution in [1.82, 2.24) is 14.9 Å². The van der Waals surface area contributed by atoms with E-state index in [1.807, 2.05) is 44.2 Å². The van der Waals surface area contributed by atoms with Crippen LogP contribution in [0.4, 0.5) is 8.78 Å². The number of halogens is 2. The third kappa shape index (κ3) is 3.87. The topological polar surface area (TPSA) is 46.4 Å². The van der Waals surface area contributed by atoms with Crippen molar-refractivity contribution < 1.29 is 13.6 Å². The Bertz CT molecular complexity index is 1350. The van der Waals surface area contributed by atoms with Crippen LogP contribution in [0.5, 0.6) is 0 Å². The summed E-state index contributed by atoms with van der Waals surface area (Å²) in [4.78, 5) is 13.5. The van der Waals surface area contributed by atoms with Gasteiger partial charge < -0.3 is 5.32 Å². The number of nitrogens with zero attached hydrogens (tertiary/aromatic N) is 2. The van der Waals surface area contributed by atoms with Crippen molar-refractivity contribution in [3.8, 4) is 11.1 Å². The van der Waals surface area contributed by atoms with Gasteiger partial charge in [0, 0.05) is 5.56 Å². The van der Waals surface area contributed by atoms with Crippen LogP contribution in [0, 0.1) is 24.5 Å². The molecule has 174 valence electrons. The molecule has 5 rings (SSSR count). The van der Waals surface area contributed by atoms with Crippen LogP contribution in [0.2, 0.25) is 0 Å². The molecule has 1 aliphatic carbocycles. The van der Waals surface area contributed by atoms with Crippen LogP contribution in [-0.4, -0.2) is 15.5 Å². The third-order valence-electron chi connectivity index (χ3n) is 6.55. The molecular weight excluding hydrogens is 432 g/mol. The van der Waals surface area contributed by atoms with E-state index >= 15 is 0 Å². The van der Waals surface area contributed by atoms with E-state index in [0.717, 1.165) is 18.4 Å². The quantitative estimate of drug-likeness (QED) is 0.353. The fraction of sp³-hybridized carbons (Fsp3) is 0.286. The number of benzene rings is 2. The summed E-state index contributed by atoms with van der Waals surface area (Å²) in [5.74, 6) is -1.06. The highest BCUT2D eigenvalue weighted by Crippen LogP contribution is 2.41. The molecule has 1 fully saturated rings. The predicted molar refractivity (Wildman–Crippen MR) is 129 cm³/mol. The van der Waals surface area contributed by atoms with Crippen LogP contribution in [0.15, 0.2) is 60.7 Å². The Morgan fingerprint density at radius 3 is 2.26 bits per heavy atom. The Morgan fingerprint density at radius 1 is 0.971 bits per heavy atom. The Balaban J connectivity index is 1.60. The molecule has 2 aromatic carbocycles. The summed E-state index contributed by atoms with van der Waals surface area (Å²) in [5, 5.41) is 7.87. The number of rotatable bonds is 6.